The molecule has 1 aromatic rings. The van der Waals surface area contributed by atoms with Gasteiger partial charge in [0.15, 0.2) is 0 Å². The fourth-order valence-electron chi connectivity index (χ4n) is 6.03. The maximum absolute atomic E-state index is 15.1. The van der Waals surface area contributed by atoms with Crippen molar-refractivity contribution in [2.45, 2.75) is 82.5 Å². The summed E-state index contributed by atoms with van der Waals surface area (Å²) in [6.45, 7) is 4.40. The number of nitrogens with zero attached hydrogens (tertiary/aromatic N) is 2. The summed E-state index contributed by atoms with van der Waals surface area (Å²) in [5, 5.41) is 18.6. The van der Waals surface area contributed by atoms with Crippen molar-refractivity contribution in [3.8, 4) is 6.07 Å². The summed E-state index contributed by atoms with van der Waals surface area (Å²) in [5.41, 5.74) is 0.615. The first kappa shape index (κ1) is 28.1. The van der Waals surface area contributed by atoms with Crippen LogP contribution in [0.5, 0.6) is 0 Å². The van der Waals surface area contributed by atoms with Crippen molar-refractivity contribution >= 4 is 35.0 Å². The molecule has 0 spiro atoms. The van der Waals surface area contributed by atoms with Crippen LogP contribution in [-0.4, -0.2) is 59.3 Å². The number of alkyl halides is 2. The van der Waals surface area contributed by atoms with Gasteiger partial charge in [0.05, 0.1) is 12.0 Å². The maximum Gasteiger partial charge on any atom is 0.255 e. The first-order valence-electron chi connectivity index (χ1n) is 13.2. The van der Waals surface area contributed by atoms with E-state index in [2.05, 4.69) is 16.0 Å². The SMILES string of the molecule is CC(C)C[C@H](Nc1cccc(Cl)c1)C(=O)N1[C@H]2CC[C@@H]([C@@H]1C(=O)N[C@@H](C#N)C[C@H]1CCNC1=O)C(F)(F)C2. The molecule has 3 heterocycles. The Bertz CT molecular complexity index is 1110. The van der Waals surface area contributed by atoms with Crippen molar-refractivity contribution in [2.24, 2.45) is 17.8 Å². The Morgan fingerprint density at radius 1 is 1.29 bits per heavy atom. The van der Waals surface area contributed by atoms with E-state index >= 15 is 8.78 Å². The van der Waals surface area contributed by atoms with Gasteiger partial charge in [-0.25, -0.2) is 8.78 Å². The predicted octanol–water partition coefficient (Wildman–Crippen LogP) is 3.72. The molecule has 2 bridgehead atoms. The molecular weight excluding hydrogens is 516 g/mol. The molecule has 0 aromatic heterocycles. The number of carbonyl (C=O) groups excluding carboxylic acids is 3. The molecule has 38 heavy (non-hydrogen) atoms. The van der Waals surface area contributed by atoms with E-state index in [1.807, 2.05) is 19.9 Å². The molecule has 3 amide bonds. The van der Waals surface area contributed by atoms with Crippen LogP contribution in [0.3, 0.4) is 0 Å². The van der Waals surface area contributed by atoms with Gasteiger partial charge in [-0.05, 0) is 56.2 Å². The minimum absolute atomic E-state index is 0.0888. The van der Waals surface area contributed by atoms with E-state index < -0.39 is 60.2 Å². The highest BCUT2D eigenvalue weighted by molar-refractivity contribution is 6.30. The molecule has 3 N–H and O–H groups in total. The third-order valence-corrected chi connectivity index (χ3v) is 8.02. The van der Waals surface area contributed by atoms with Crippen molar-refractivity contribution in [1.82, 2.24) is 15.5 Å². The molecule has 1 aliphatic carbocycles. The molecule has 0 radical (unpaired) electrons. The summed E-state index contributed by atoms with van der Waals surface area (Å²) in [6, 6.07) is 4.89. The smallest absolute Gasteiger partial charge is 0.255 e. The van der Waals surface area contributed by atoms with Gasteiger partial charge < -0.3 is 20.9 Å². The van der Waals surface area contributed by atoms with Crippen molar-refractivity contribution < 1.29 is 23.2 Å². The standard InChI is InChI=1S/C27H34ClF2N5O3/c1-15(2)10-22(33-18-5-3-4-17(28)12-18)26(38)35-20-6-7-21(27(29,30)13-20)23(35)25(37)34-19(14-31)11-16-8-9-32-24(16)36/h3-5,12,15-16,19-23,33H,6-11,13H2,1-2H3,(H,32,36)(H,34,37)/t16-,19-,20+,21+,22+,23-/m1/s1. The highest BCUT2D eigenvalue weighted by Crippen LogP contribution is 2.49. The van der Waals surface area contributed by atoms with E-state index in [1.54, 1.807) is 24.3 Å². The number of carbonyl (C=O) groups is 3. The van der Waals surface area contributed by atoms with E-state index in [4.69, 9.17) is 11.6 Å². The largest absolute Gasteiger partial charge is 0.374 e. The molecule has 4 fully saturated rings. The number of nitriles is 1. The fraction of sp³-hybridized carbons (Fsp3) is 0.630. The first-order valence-corrected chi connectivity index (χ1v) is 13.6. The lowest BCUT2D eigenvalue weighted by Gasteiger charge is -2.54. The van der Waals surface area contributed by atoms with E-state index in [0.29, 0.717) is 36.5 Å². The van der Waals surface area contributed by atoms with E-state index in [-0.39, 0.29) is 24.7 Å². The lowest BCUT2D eigenvalue weighted by molar-refractivity contribution is -0.194. The Balaban J connectivity index is 1.59. The first-order chi connectivity index (χ1) is 18.0. The Labute approximate surface area is 226 Å². The van der Waals surface area contributed by atoms with E-state index in [1.165, 1.54) is 4.90 Å². The molecular formula is C27H34ClF2N5O3. The number of halogens is 3. The van der Waals surface area contributed by atoms with E-state index in [0.717, 1.165) is 0 Å². The maximum atomic E-state index is 15.1. The van der Waals surface area contributed by atoms with Crippen LogP contribution in [0, 0.1) is 29.1 Å². The van der Waals surface area contributed by atoms with Crippen molar-refractivity contribution in [3.63, 3.8) is 0 Å². The Hall–Kier alpha value is -2.93. The third-order valence-electron chi connectivity index (χ3n) is 7.78. The Morgan fingerprint density at radius 2 is 2.05 bits per heavy atom. The zero-order valence-electron chi connectivity index (χ0n) is 21.6. The van der Waals surface area contributed by atoms with Crippen LogP contribution >= 0.6 is 11.6 Å². The van der Waals surface area contributed by atoms with Gasteiger partial charge in [-0.3, -0.25) is 14.4 Å². The molecule has 6 atom stereocenters. The highest BCUT2D eigenvalue weighted by atomic mass is 35.5. The lowest BCUT2D eigenvalue weighted by atomic mass is 9.71. The van der Waals surface area contributed by atoms with Gasteiger partial charge in [-0.1, -0.05) is 31.5 Å². The normalized spacial score (nSPS) is 27.4. The minimum Gasteiger partial charge on any atom is -0.374 e. The average molecular weight is 550 g/mol. The Kier molecular flexibility index (Phi) is 8.46. The van der Waals surface area contributed by atoms with Gasteiger partial charge in [0.2, 0.25) is 17.7 Å². The summed E-state index contributed by atoms with van der Waals surface area (Å²) >= 11 is 6.12. The topological polar surface area (TPSA) is 114 Å². The fourth-order valence-corrected chi connectivity index (χ4v) is 6.22. The summed E-state index contributed by atoms with van der Waals surface area (Å²) in [5.74, 6) is -6.18. The van der Waals surface area contributed by atoms with Crippen LogP contribution in [0.4, 0.5) is 14.5 Å². The van der Waals surface area contributed by atoms with Gasteiger partial charge >= 0.3 is 0 Å². The lowest BCUT2D eigenvalue weighted by Crippen LogP contribution is -2.70. The second-order valence-corrected chi connectivity index (χ2v) is 11.5. The molecule has 8 nitrogen and oxygen atoms in total. The van der Waals surface area contributed by atoms with Gasteiger partial charge in [-0.15, -0.1) is 0 Å². The molecule has 1 aromatic carbocycles. The van der Waals surface area contributed by atoms with Crippen LogP contribution in [0.15, 0.2) is 24.3 Å². The van der Waals surface area contributed by atoms with Crippen molar-refractivity contribution in [2.75, 3.05) is 11.9 Å². The summed E-state index contributed by atoms with van der Waals surface area (Å²) in [4.78, 5) is 40.9. The number of amides is 3. The van der Waals surface area contributed by atoms with Gasteiger partial charge in [0.25, 0.3) is 5.92 Å². The molecule has 5 rings (SSSR count). The number of anilines is 1. The molecule has 3 saturated heterocycles. The Morgan fingerprint density at radius 3 is 2.66 bits per heavy atom. The van der Waals surface area contributed by atoms with Gasteiger partial charge in [-0.2, -0.15) is 5.26 Å². The molecule has 206 valence electrons. The van der Waals surface area contributed by atoms with Crippen LogP contribution in [-0.2, 0) is 14.4 Å². The molecule has 0 unspecified atom stereocenters. The predicted molar refractivity (Wildman–Crippen MR) is 138 cm³/mol. The molecule has 3 aliphatic heterocycles. The van der Waals surface area contributed by atoms with Crippen LogP contribution in [0.1, 0.15) is 52.4 Å². The van der Waals surface area contributed by atoms with Gasteiger partial charge in [0.1, 0.15) is 18.1 Å². The number of benzene rings is 1. The molecule has 1 saturated carbocycles. The van der Waals surface area contributed by atoms with E-state index in [9.17, 15) is 19.6 Å². The zero-order chi connectivity index (χ0) is 27.6. The monoisotopic (exact) mass is 549 g/mol. The second-order valence-electron chi connectivity index (χ2n) is 11.0. The minimum atomic E-state index is -3.11. The summed E-state index contributed by atoms with van der Waals surface area (Å²) in [7, 11) is 0. The van der Waals surface area contributed by atoms with Crippen molar-refractivity contribution in [3.05, 3.63) is 29.3 Å². The third kappa shape index (κ3) is 6.04. The number of fused-ring (bicyclic) bond motifs is 3. The molecule has 4 aliphatic rings. The average Bonchev–Trinajstić information content (AvgIpc) is 3.25. The number of hydrogen-bond donors (Lipinski definition) is 3. The molecule has 11 heteroatoms. The second kappa shape index (κ2) is 11.4. The number of piperidine rings is 2. The quantitative estimate of drug-likeness (QED) is 0.434. The highest BCUT2D eigenvalue weighted by Gasteiger charge is 2.61. The van der Waals surface area contributed by atoms with Crippen LogP contribution in [0.2, 0.25) is 5.02 Å². The number of nitrogens with one attached hydrogen (secondary N) is 3. The number of hydrogen-bond acceptors (Lipinski definition) is 5. The van der Waals surface area contributed by atoms with Gasteiger partial charge in [0, 0.05) is 35.6 Å². The summed E-state index contributed by atoms with van der Waals surface area (Å²) in [6.07, 6.45) is 1.04. The summed E-state index contributed by atoms with van der Waals surface area (Å²) < 4.78 is 30.2. The zero-order valence-corrected chi connectivity index (χ0v) is 22.3. The van der Waals surface area contributed by atoms with Crippen LogP contribution in [0.25, 0.3) is 0 Å². The van der Waals surface area contributed by atoms with Crippen molar-refractivity contribution in [1.29, 1.82) is 5.26 Å². The number of rotatable bonds is 9. The van der Waals surface area contributed by atoms with Crippen LogP contribution < -0.4 is 16.0 Å².